The SMILES string of the molecule is O=S(=O)(Cc1noc2ccccc12)NCc1ccnc(N2CCOCC2)c1. The molecule has 3 aromatic rings. The molecule has 0 atom stereocenters. The first kappa shape index (κ1) is 17.9. The molecule has 8 nitrogen and oxygen atoms in total. The highest BCUT2D eigenvalue weighted by molar-refractivity contribution is 7.88. The van der Waals surface area contributed by atoms with Gasteiger partial charge in [0.1, 0.15) is 17.3 Å². The molecule has 3 heterocycles. The number of hydrogen-bond donors (Lipinski definition) is 1. The number of nitrogens with zero attached hydrogens (tertiary/aromatic N) is 3. The molecule has 1 aliphatic heterocycles. The molecule has 0 radical (unpaired) electrons. The highest BCUT2D eigenvalue weighted by Crippen LogP contribution is 2.20. The lowest BCUT2D eigenvalue weighted by Crippen LogP contribution is -2.36. The largest absolute Gasteiger partial charge is 0.378 e. The third-order valence-corrected chi connectivity index (χ3v) is 5.66. The van der Waals surface area contributed by atoms with Gasteiger partial charge in [-0.1, -0.05) is 17.3 Å². The summed E-state index contributed by atoms with van der Waals surface area (Å²) in [5.74, 6) is 0.600. The Morgan fingerprint density at radius 1 is 1.15 bits per heavy atom. The van der Waals surface area contributed by atoms with Crippen LogP contribution in [0.25, 0.3) is 11.0 Å². The fraction of sp³-hybridized carbons (Fsp3) is 0.333. The van der Waals surface area contributed by atoms with Crippen LogP contribution in [0.4, 0.5) is 5.82 Å². The molecule has 1 aliphatic rings. The molecule has 0 spiro atoms. The maximum absolute atomic E-state index is 12.5. The molecule has 0 aliphatic carbocycles. The maximum Gasteiger partial charge on any atom is 0.217 e. The highest BCUT2D eigenvalue weighted by atomic mass is 32.2. The van der Waals surface area contributed by atoms with Crippen molar-refractivity contribution in [3.63, 3.8) is 0 Å². The Hall–Kier alpha value is -2.49. The van der Waals surface area contributed by atoms with Crippen molar-refractivity contribution >= 4 is 26.8 Å². The molecule has 1 saturated heterocycles. The first-order chi connectivity index (χ1) is 13.1. The van der Waals surface area contributed by atoms with Gasteiger partial charge in [0.25, 0.3) is 0 Å². The van der Waals surface area contributed by atoms with Crippen LogP contribution in [0, 0.1) is 0 Å². The van der Waals surface area contributed by atoms with Gasteiger partial charge >= 0.3 is 0 Å². The van der Waals surface area contributed by atoms with E-state index >= 15 is 0 Å². The van der Waals surface area contributed by atoms with Crippen molar-refractivity contribution in [3.05, 3.63) is 53.9 Å². The zero-order valence-corrected chi connectivity index (χ0v) is 15.5. The second-order valence-electron chi connectivity index (χ2n) is 6.33. The van der Waals surface area contributed by atoms with Crippen LogP contribution >= 0.6 is 0 Å². The van der Waals surface area contributed by atoms with Crippen LogP contribution < -0.4 is 9.62 Å². The van der Waals surface area contributed by atoms with E-state index in [0.29, 0.717) is 29.9 Å². The first-order valence-electron chi connectivity index (χ1n) is 8.69. The second kappa shape index (κ2) is 7.63. The number of nitrogens with one attached hydrogen (secondary N) is 1. The zero-order valence-electron chi connectivity index (χ0n) is 14.7. The van der Waals surface area contributed by atoms with Gasteiger partial charge in [-0.15, -0.1) is 0 Å². The molecular formula is C18H20N4O4S. The normalized spacial score (nSPS) is 15.3. The number of para-hydroxylation sites is 1. The van der Waals surface area contributed by atoms with E-state index in [1.54, 1.807) is 24.4 Å². The number of hydrogen-bond acceptors (Lipinski definition) is 7. The predicted molar refractivity (Wildman–Crippen MR) is 101 cm³/mol. The Morgan fingerprint density at radius 2 is 1.96 bits per heavy atom. The number of ether oxygens (including phenoxy) is 1. The third-order valence-electron chi connectivity index (χ3n) is 4.42. The van der Waals surface area contributed by atoms with Crippen molar-refractivity contribution in [2.24, 2.45) is 0 Å². The summed E-state index contributed by atoms with van der Waals surface area (Å²) in [5.41, 5.74) is 1.83. The summed E-state index contributed by atoms with van der Waals surface area (Å²) in [7, 11) is -3.56. The highest BCUT2D eigenvalue weighted by Gasteiger charge is 2.18. The molecule has 1 fully saturated rings. The summed E-state index contributed by atoms with van der Waals surface area (Å²) in [6.45, 7) is 3.09. The van der Waals surface area contributed by atoms with Crippen LogP contribution in [-0.2, 0) is 27.1 Å². The summed E-state index contributed by atoms with van der Waals surface area (Å²) >= 11 is 0. The Labute approximate surface area is 157 Å². The van der Waals surface area contributed by atoms with Gasteiger partial charge in [0, 0.05) is 31.2 Å². The Bertz CT molecular complexity index is 1030. The molecule has 142 valence electrons. The minimum atomic E-state index is -3.56. The minimum absolute atomic E-state index is 0.192. The van der Waals surface area contributed by atoms with E-state index in [9.17, 15) is 8.42 Å². The summed E-state index contributed by atoms with van der Waals surface area (Å²) in [6.07, 6.45) is 1.69. The van der Waals surface area contributed by atoms with E-state index in [2.05, 4.69) is 19.8 Å². The lowest BCUT2D eigenvalue weighted by Gasteiger charge is -2.28. The number of rotatable bonds is 6. The number of benzene rings is 1. The monoisotopic (exact) mass is 388 g/mol. The third kappa shape index (κ3) is 4.26. The first-order valence-corrected chi connectivity index (χ1v) is 10.3. The lowest BCUT2D eigenvalue weighted by molar-refractivity contribution is 0.122. The van der Waals surface area contributed by atoms with Crippen LogP contribution in [0.15, 0.2) is 47.1 Å². The van der Waals surface area contributed by atoms with Crippen LogP contribution in [0.1, 0.15) is 11.3 Å². The van der Waals surface area contributed by atoms with Gasteiger partial charge in [-0.2, -0.15) is 0 Å². The quantitative estimate of drug-likeness (QED) is 0.686. The second-order valence-corrected chi connectivity index (χ2v) is 8.13. The lowest BCUT2D eigenvalue weighted by atomic mass is 10.2. The van der Waals surface area contributed by atoms with Gasteiger partial charge in [0.15, 0.2) is 5.58 Å². The van der Waals surface area contributed by atoms with Crippen molar-refractivity contribution in [3.8, 4) is 0 Å². The van der Waals surface area contributed by atoms with E-state index in [4.69, 9.17) is 9.26 Å². The molecule has 27 heavy (non-hydrogen) atoms. The van der Waals surface area contributed by atoms with E-state index < -0.39 is 10.0 Å². The van der Waals surface area contributed by atoms with Gasteiger partial charge in [0.2, 0.25) is 10.0 Å². The predicted octanol–water partition coefficient (Wildman–Crippen LogP) is 1.68. The van der Waals surface area contributed by atoms with Crippen molar-refractivity contribution < 1.29 is 17.7 Å². The van der Waals surface area contributed by atoms with Gasteiger partial charge in [-0.3, -0.25) is 0 Å². The zero-order chi connectivity index (χ0) is 18.7. The van der Waals surface area contributed by atoms with E-state index in [-0.39, 0.29) is 12.3 Å². The van der Waals surface area contributed by atoms with E-state index in [1.165, 1.54) is 0 Å². The molecular weight excluding hydrogens is 368 g/mol. The van der Waals surface area contributed by atoms with Gasteiger partial charge < -0.3 is 14.2 Å². The number of anilines is 1. The van der Waals surface area contributed by atoms with Crippen LogP contribution in [0.5, 0.6) is 0 Å². The fourth-order valence-corrected chi connectivity index (χ4v) is 4.06. The van der Waals surface area contributed by atoms with E-state index in [1.807, 2.05) is 18.2 Å². The summed E-state index contributed by atoms with van der Waals surface area (Å²) in [5, 5.41) is 4.60. The molecule has 0 saturated carbocycles. The van der Waals surface area contributed by atoms with Crippen molar-refractivity contribution in [1.29, 1.82) is 0 Å². The topological polar surface area (TPSA) is 97.6 Å². The Balaban J connectivity index is 1.43. The number of sulfonamides is 1. The summed E-state index contributed by atoms with van der Waals surface area (Å²) < 4.78 is 38.1. The smallest absolute Gasteiger partial charge is 0.217 e. The maximum atomic E-state index is 12.5. The summed E-state index contributed by atoms with van der Waals surface area (Å²) in [6, 6.07) is 10.9. The van der Waals surface area contributed by atoms with Crippen LogP contribution in [0.2, 0.25) is 0 Å². The number of pyridine rings is 1. The minimum Gasteiger partial charge on any atom is -0.378 e. The summed E-state index contributed by atoms with van der Waals surface area (Å²) in [4.78, 5) is 6.50. The molecule has 0 unspecified atom stereocenters. The average Bonchev–Trinajstić information content (AvgIpc) is 3.10. The molecule has 0 bridgehead atoms. The molecule has 1 N–H and O–H groups in total. The molecule has 2 aromatic heterocycles. The fourth-order valence-electron chi connectivity index (χ4n) is 3.00. The van der Waals surface area contributed by atoms with Crippen LogP contribution in [0.3, 0.4) is 0 Å². The van der Waals surface area contributed by atoms with Gasteiger partial charge in [0.05, 0.1) is 13.2 Å². The molecule has 9 heteroatoms. The number of morpholine rings is 1. The molecule has 4 rings (SSSR count). The Kier molecular flexibility index (Phi) is 5.06. The van der Waals surface area contributed by atoms with Crippen molar-refractivity contribution in [2.45, 2.75) is 12.3 Å². The number of aromatic nitrogens is 2. The molecule has 1 aromatic carbocycles. The van der Waals surface area contributed by atoms with Crippen LogP contribution in [-0.4, -0.2) is 44.9 Å². The molecule has 0 amide bonds. The van der Waals surface area contributed by atoms with Crippen molar-refractivity contribution in [1.82, 2.24) is 14.9 Å². The number of fused-ring (bicyclic) bond motifs is 1. The van der Waals surface area contributed by atoms with Gasteiger partial charge in [-0.25, -0.2) is 18.1 Å². The van der Waals surface area contributed by atoms with Gasteiger partial charge in [-0.05, 0) is 29.8 Å². The van der Waals surface area contributed by atoms with Crippen molar-refractivity contribution in [2.75, 3.05) is 31.2 Å². The average molecular weight is 388 g/mol. The van der Waals surface area contributed by atoms with E-state index in [0.717, 1.165) is 24.5 Å². The standard InChI is InChI=1S/C18H20N4O4S/c23-27(24,13-16-15-3-1-2-4-17(15)26-21-16)20-12-14-5-6-19-18(11-14)22-7-9-25-10-8-22/h1-6,11,20H,7-10,12-13H2. The Morgan fingerprint density at radius 3 is 2.81 bits per heavy atom.